The normalized spacial score (nSPS) is 22.0. The van der Waals surface area contributed by atoms with E-state index in [1.165, 1.54) is 5.56 Å². The third kappa shape index (κ3) is 2.75. The number of methoxy groups -OCH3 is 1. The van der Waals surface area contributed by atoms with Crippen LogP contribution in [0, 0.1) is 6.92 Å². The lowest BCUT2D eigenvalue weighted by Crippen LogP contribution is -2.37. The number of fused-ring (bicyclic) bond motifs is 2. The van der Waals surface area contributed by atoms with Crippen LogP contribution in [-0.4, -0.2) is 34.0 Å². The fraction of sp³-hybridized carbons (Fsp3) is 0.556. The second-order valence-electron chi connectivity index (χ2n) is 6.79. The molecule has 0 saturated carbocycles. The molecule has 3 heterocycles. The van der Waals surface area contributed by atoms with Crippen LogP contribution in [0.4, 0.5) is 0 Å². The van der Waals surface area contributed by atoms with Gasteiger partial charge in [0.1, 0.15) is 29.3 Å². The van der Waals surface area contributed by atoms with Crippen molar-refractivity contribution >= 4 is 0 Å². The van der Waals surface area contributed by atoms with Gasteiger partial charge >= 0.3 is 0 Å². The predicted molar refractivity (Wildman–Crippen MR) is 90.5 cm³/mol. The number of nitrogens with zero attached hydrogens (tertiary/aromatic N) is 3. The van der Waals surface area contributed by atoms with E-state index in [0.717, 1.165) is 61.1 Å². The van der Waals surface area contributed by atoms with Gasteiger partial charge in [0.2, 0.25) is 0 Å². The van der Waals surface area contributed by atoms with Gasteiger partial charge in [0.05, 0.1) is 7.11 Å². The molecule has 0 radical (unpaired) electrons. The van der Waals surface area contributed by atoms with Gasteiger partial charge in [0.15, 0.2) is 0 Å². The molecule has 0 fully saturated rings. The molecule has 0 bridgehead atoms. The predicted octanol–water partition coefficient (Wildman–Crippen LogP) is 2.02. The standard InChI is InChI=1S/C18H24N4O2/c1-11-6-13-7-16(23-3)14(8-17(13)24-11)9-19-15-4-5-18-21-20-12(2)22(18)10-15/h7-8,11,15,19H,4-6,9-10H2,1-3H3/t11-,15+/m1/s1. The second-order valence-corrected chi connectivity index (χ2v) is 6.79. The summed E-state index contributed by atoms with van der Waals surface area (Å²) in [6.07, 6.45) is 3.26. The average molecular weight is 328 g/mol. The summed E-state index contributed by atoms with van der Waals surface area (Å²) >= 11 is 0. The summed E-state index contributed by atoms with van der Waals surface area (Å²) in [7, 11) is 1.73. The number of hydrogen-bond donors (Lipinski definition) is 1. The molecule has 128 valence electrons. The minimum absolute atomic E-state index is 0.251. The highest BCUT2D eigenvalue weighted by Gasteiger charge is 2.24. The van der Waals surface area contributed by atoms with E-state index in [4.69, 9.17) is 9.47 Å². The van der Waals surface area contributed by atoms with Crippen molar-refractivity contribution < 1.29 is 9.47 Å². The average Bonchev–Trinajstić information content (AvgIpc) is 3.13. The highest BCUT2D eigenvalue weighted by atomic mass is 16.5. The summed E-state index contributed by atoms with van der Waals surface area (Å²) in [6, 6.07) is 4.67. The van der Waals surface area contributed by atoms with Crippen LogP contribution in [0.2, 0.25) is 0 Å². The molecule has 6 heteroatoms. The Kier molecular flexibility index (Phi) is 3.92. The number of ether oxygens (including phenoxy) is 2. The first-order chi connectivity index (χ1) is 11.6. The van der Waals surface area contributed by atoms with Crippen LogP contribution in [0.5, 0.6) is 11.5 Å². The SMILES string of the molecule is COc1cc2c(cc1CN[C@H]1CCc3nnc(C)n3C1)O[C@H](C)C2. The van der Waals surface area contributed by atoms with Gasteiger partial charge in [0.25, 0.3) is 0 Å². The highest BCUT2D eigenvalue weighted by Crippen LogP contribution is 2.35. The van der Waals surface area contributed by atoms with Gasteiger partial charge in [0, 0.05) is 43.1 Å². The smallest absolute Gasteiger partial charge is 0.133 e. The third-order valence-corrected chi connectivity index (χ3v) is 5.01. The van der Waals surface area contributed by atoms with Crippen LogP contribution >= 0.6 is 0 Å². The monoisotopic (exact) mass is 328 g/mol. The first kappa shape index (κ1) is 15.4. The Bertz CT molecular complexity index is 756. The first-order valence-corrected chi connectivity index (χ1v) is 8.62. The maximum atomic E-state index is 5.89. The zero-order chi connectivity index (χ0) is 16.7. The largest absolute Gasteiger partial charge is 0.496 e. The number of aryl methyl sites for hydroxylation is 2. The molecule has 1 aromatic carbocycles. The molecule has 0 spiro atoms. The van der Waals surface area contributed by atoms with E-state index < -0.39 is 0 Å². The fourth-order valence-electron chi connectivity index (χ4n) is 3.69. The maximum Gasteiger partial charge on any atom is 0.133 e. The van der Waals surface area contributed by atoms with E-state index in [0.29, 0.717) is 6.04 Å². The Balaban J connectivity index is 1.47. The summed E-state index contributed by atoms with van der Waals surface area (Å²) in [6.45, 7) is 5.82. The van der Waals surface area contributed by atoms with Gasteiger partial charge in [-0.1, -0.05) is 0 Å². The molecule has 1 aromatic heterocycles. The summed E-state index contributed by atoms with van der Waals surface area (Å²) in [5, 5.41) is 12.1. The van der Waals surface area contributed by atoms with Crippen LogP contribution in [0.1, 0.15) is 36.1 Å². The van der Waals surface area contributed by atoms with Crippen molar-refractivity contribution in [3.05, 3.63) is 34.9 Å². The van der Waals surface area contributed by atoms with E-state index >= 15 is 0 Å². The Morgan fingerprint density at radius 3 is 3.08 bits per heavy atom. The fourth-order valence-corrected chi connectivity index (χ4v) is 3.69. The molecule has 0 aliphatic carbocycles. The van der Waals surface area contributed by atoms with Crippen molar-refractivity contribution in [3.63, 3.8) is 0 Å². The molecule has 0 saturated heterocycles. The summed E-state index contributed by atoms with van der Waals surface area (Å²) in [4.78, 5) is 0. The molecule has 2 aromatic rings. The minimum Gasteiger partial charge on any atom is -0.496 e. The Labute approximate surface area is 142 Å². The molecule has 2 atom stereocenters. The Morgan fingerprint density at radius 2 is 2.25 bits per heavy atom. The lowest BCUT2D eigenvalue weighted by atomic mass is 10.0. The number of benzene rings is 1. The van der Waals surface area contributed by atoms with Gasteiger partial charge in [-0.2, -0.15) is 0 Å². The Hall–Kier alpha value is -2.08. The van der Waals surface area contributed by atoms with Crippen molar-refractivity contribution in [1.82, 2.24) is 20.1 Å². The lowest BCUT2D eigenvalue weighted by Gasteiger charge is -2.25. The van der Waals surface area contributed by atoms with Crippen LogP contribution in [0.3, 0.4) is 0 Å². The zero-order valence-corrected chi connectivity index (χ0v) is 14.5. The summed E-state index contributed by atoms with van der Waals surface area (Å²) in [5.74, 6) is 4.04. The van der Waals surface area contributed by atoms with Gasteiger partial charge in [-0.25, -0.2) is 0 Å². The molecule has 0 unspecified atom stereocenters. The van der Waals surface area contributed by atoms with E-state index in [9.17, 15) is 0 Å². The first-order valence-electron chi connectivity index (χ1n) is 8.62. The molecule has 0 amide bonds. The number of hydrogen-bond acceptors (Lipinski definition) is 5. The molecule has 2 aliphatic heterocycles. The molecule has 4 rings (SSSR count). The van der Waals surface area contributed by atoms with E-state index in [1.54, 1.807) is 7.11 Å². The topological polar surface area (TPSA) is 61.2 Å². The van der Waals surface area contributed by atoms with E-state index in [2.05, 4.69) is 39.1 Å². The molecule has 24 heavy (non-hydrogen) atoms. The Morgan fingerprint density at radius 1 is 1.38 bits per heavy atom. The third-order valence-electron chi connectivity index (χ3n) is 5.01. The number of rotatable bonds is 4. The van der Waals surface area contributed by atoms with Crippen LogP contribution in [0.25, 0.3) is 0 Å². The van der Waals surface area contributed by atoms with Gasteiger partial charge in [-0.15, -0.1) is 10.2 Å². The minimum atomic E-state index is 0.251. The second kappa shape index (κ2) is 6.09. The van der Waals surface area contributed by atoms with Crippen molar-refractivity contribution in [2.45, 2.75) is 58.3 Å². The lowest BCUT2D eigenvalue weighted by molar-refractivity contribution is 0.254. The quantitative estimate of drug-likeness (QED) is 0.930. The van der Waals surface area contributed by atoms with Crippen molar-refractivity contribution in [3.8, 4) is 11.5 Å². The maximum absolute atomic E-state index is 5.89. The molecular formula is C18H24N4O2. The molecule has 1 N–H and O–H groups in total. The molecular weight excluding hydrogens is 304 g/mol. The summed E-state index contributed by atoms with van der Waals surface area (Å²) < 4.78 is 13.7. The van der Waals surface area contributed by atoms with Crippen LogP contribution < -0.4 is 14.8 Å². The molecule has 6 nitrogen and oxygen atoms in total. The zero-order valence-electron chi connectivity index (χ0n) is 14.5. The van der Waals surface area contributed by atoms with Crippen molar-refractivity contribution in [2.24, 2.45) is 0 Å². The van der Waals surface area contributed by atoms with Crippen LogP contribution in [0.15, 0.2) is 12.1 Å². The van der Waals surface area contributed by atoms with Crippen molar-refractivity contribution in [2.75, 3.05) is 7.11 Å². The van der Waals surface area contributed by atoms with Gasteiger partial charge in [-0.3, -0.25) is 0 Å². The highest BCUT2D eigenvalue weighted by molar-refractivity contribution is 5.48. The number of nitrogens with one attached hydrogen (secondary N) is 1. The number of aromatic nitrogens is 3. The van der Waals surface area contributed by atoms with E-state index in [1.807, 2.05) is 6.92 Å². The molecule has 2 aliphatic rings. The van der Waals surface area contributed by atoms with Crippen molar-refractivity contribution in [1.29, 1.82) is 0 Å². The summed E-state index contributed by atoms with van der Waals surface area (Å²) in [5.41, 5.74) is 2.39. The van der Waals surface area contributed by atoms with Gasteiger partial charge < -0.3 is 19.4 Å². The van der Waals surface area contributed by atoms with Gasteiger partial charge in [-0.05, 0) is 32.4 Å². The van der Waals surface area contributed by atoms with E-state index in [-0.39, 0.29) is 6.10 Å². The van der Waals surface area contributed by atoms with Crippen LogP contribution in [-0.2, 0) is 25.9 Å².